The Balaban J connectivity index is 1.69. The first-order valence-electron chi connectivity index (χ1n) is 7.63. The Labute approximate surface area is 153 Å². The second-order valence-corrected chi connectivity index (χ2v) is 6.55. The zero-order valence-corrected chi connectivity index (χ0v) is 14.5. The van der Waals surface area contributed by atoms with Gasteiger partial charge in [-0.15, -0.1) is 10.2 Å². The largest absolute Gasteiger partial charge is 0.411 e. The molecule has 0 aliphatic rings. The topological polar surface area (TPSA) is 91.8 Å². The first-order valence-corrected chi connectivity index (χ1v) is 8.51. The molecule has 1 aromatic heterocycles. The lowest BCUT2D eigenvalue weighted by Gasteiger charge is -2.10. The Kier molecular flexibility index (Phi) is 5.29. The van der Waals surface area contributed by atoms with Crippen LogP contribution in [0.15, 0.2) is 58.2 Å². The molecule has 1 N–H and O–H groups in total. The molecule has 1 atom stereocenters. The highest BCUT2D eigenvalue weighted by Gasteiger charge is 2.20. The standard InChI is InChI=1S/C18H13FN4O2S/c1-11(16(24)21-15-9-5-2-6-12(15)10-20)26-18-23-22-17(25-18)13-7-3-4-8-14(13)19/h2-9,11H,1H3,(H,21,24)/t11-/m0/s1. The number of hydrogen-bond acceptors (Lipinski definition) is 6. The number of nitrogens with zero attached hydrogens (tertiary/aromatic N) is 3. The fraction of sp³-hybridized carbons (Fsp3) is 0.111. The van der Waals surface area contributed by atoms with E-state index >= 15 is 0 Å². The summed E-state index contributed by atoms with van der Waals surface area (Å²) >= 11 is 1.05. The number of nitriles is 1. The Bertz CT molecular complexity index is 983. The number of anilines is 1. The van der Waals surface area contributed by atoms with Crippen molar-refractivity contribution >= 4 is 23.4 Å². The normalized spacial score (nSPS) is 11.6. The number of aromatic nitrogens is 2. The summed E-state index contributed by atoms with van der Waals surface area (Å²) in [4.78, 5) is 12.3. The molecule has 1 heterocycles. The number of carbonyl (C=O) groups is 1. The van der Waals surface area contributed by atoms with Crippen LogP contribution in [0.3, 0.4) is 0 Å². The van der Waals surface area contributed by atoms with Gasteiger partial charge >= 0.3 is 0 Å². The van der Waals surface area contributed by atoms with Crippen LogP contribution in [0.25, 0.3) is 11.5 Å². The van der Waals surface area contributed by atoms with Gasteiger partial charge in [0.25, 0.3) is 11.1 Å². The highest BCUT2D eigenvalue weighted by Crippen LogP contribution is 2.28. The molecule has 0 radical (unpaired) electrons. The van der Waals surface area contributed by atoms with Crippen LogP contribution in [-0.4, -0.2) is 21.4 Å². The molecule has 0 saturated heterocycles. The van der Waals surface area contributed by atoms with Gasteiger partial charge in [-0.05, 0) is 31.2 Å². The van der Waals surface area contributed by atoms with Gasteiger partial charge in [0.05, 0.1) is 22.1 Å². The Morgan fingerprint density at radius 3 is 2.73 bits per heavy atom. The van der Waals surface area contributed by atoms with Crippen LogP contribution in [0.1, 0.15) is 12.5 Å². The van der Waals surface area contributed by atoms with E-state index in [-0.39, 0.29) is 22.6 Å². The Morgan fingerprint density at radius 2 is 1.96 bits per heavy atom. The van der Waals surface area contributed by atoms with Gasteiger partial charge in [-0.3, -0.25) is 4.79 Å². The maximum Gasteiger partial charge on any atom is 0.277 e. The number of thioether (sulfide) groups is 1. The predicted molar refractivity (Wildman–Crippen MR) is 94.8 cm³/mol. The third-order valence-electron chi connectivity index (χ3n) is 3.46. The molecule has 0 bridgehead atoms. The summed E-state index contributed by atoms with van der Waals surface area (Å²) in [6, 6.07) is 14.8. The van der Waals surface area contributed by atoms with E-state index in [2.05, 4.69) is 15.5 Å². The van der Waals surface area contributed by atoms with Crippen molar-refractivity contribution in [3.05, 3.63) is 59.9 Å². The molecule has 3 aromatic rings. The molecule has 0 aliphatic carbocycles. The summed E-state index contributed by atoms with van der Waals surface area (Å²) in [5, 5.41) is 19.0. The number of carbonyl (C=O) groups excluding carboxylic acids is 1. The van der Waals surface area contributed by atoms with Crippen LogP contribution >= 0.6 is 11.8 Å². The van der Waals surface area contributed by atoms with E-state index in [0.29, 0.717) is 11.3 Å². The number of amides is 1. The van der Waals surface area contributed by atoms with Gasteiger partial charge < -0.3 is 9.73 Å². The van der Waals surface area contributed by atoms with E-state index in [9.17, 15) is 9.18 Å². The van der Waals surface area contributed by atoms with Crippen molar-refractivity contribution in [2.45, 2.75) is 17.4 Å². The zero-order chi connectivity index (χ0) is 18.5. The molecule has 0 aliphatic heterocycles. The van der Waals surface area contributed by atoms with Gasteiger partial charge in [-0.1, -0.05) is 36.0 Å². The van der Waals surface area contributed by atoms with Crippen molar-refractivity contribution in [3.63, 3.8) is 0 Å². The zero-order valence-electron chi connectivity index (χ0n) is 13.6. The SMILES string of the molecule is C[C@H](Sc1nnc(-c2ccccc2F)o1)C(=O)Nc1ccccc1C#N. The number of hydrogen-bond donors (Lipinski definition) is 1. The van der Waals surface area contributed by atoms with Crippen molar-refractivity contribution in [1.29, 1.82) is 5.26 Å². The van der Waals surface area contributed by atoms with E-state index in [0.717, 1.165) is 11.8 Å². The number of halogens is 1. The smallest absolute Gasteiger partial charge is 0.277 e. The quantitative estimate of drug-likeness (QED) is 0.688. The first-order chi connectivity index (χ1) is 12.6. The minimum Gasteiger partial charge on any atom is -0.411 e. The van der Waals surface area contributed by atoms with Crippen molar-refractivity contribution in [2.75, 3.05) is 5.32 Å². The monoisotopic (exact) mass is 368 g/mol. The second kappa shape index (κ2) is 7.80. The predicted octanol–water partition coefficient (Wildman–Crippen LogP) is 3.87. The lowest BCUT2D eigenvalue weighted by atomic mass is 10.2. The van der Waals surface area contributed by atoms with Crippen LogP contribution in [0.4, 0.5) is 10.1 Å². The molecule has 0 fully saturated rings. The number of benzene rings is 2. The van der Waals surface area contributed by atoms with Crippen LogP contribution in [0.2, 0.25) is 0 Å². The average Bonchev–Trinajstić information content (AvgIpc) is 3.10. The lowest BCUT2D eigenvalue weighted by molar-refractivity contribution is -0.115. The summed E-state index contributed by atoms with van der Waals surface area (Å²) in [7, 11) is 0. The molecule has 0 spiro atoms. The van der Waals surface area contributed by atoms with Crippen molar-refractivity contribution in [3.8, 4) is 17.5 Å². The van der Waals surface area contributed by atoms with Gasteiger partial charge in [-0.25, -0.2) is 4.39 Å². The molecule has 0 saturated carbocycles. The summed E-state index contributed by atoms with van der Waals surface area (Å²) in [6.45, 7) is 1.67. The first kappa shape index (κ1) is 17.6. The van der Waals surface area contributed by atoms with Gasteiger partial charge in [0, 0.05) is 0 Å². The van der Waals surface area contributed by atoms with Gasteiger partial charge in [0.15, 0.2) is 0 Å². The lowest BCUT2D eigenvalue weighted by Crippen LogP contribution is -2.22. The number of rotatable bonds is 5. The highest BCUT2D eigenvalue weighted by molar-refractivity contribution is 8.00. The van der Waals surface area contributed by atoms with Crippen molar-refractivity contribution < 1.29 is 13.6 Å². The van der Waals surface area contributed by atoms with Crippen LogP contribution in [0, 0.1) is 17.1 Å². The summed E-state index contributed by atoms with van der Waals surface area (Å²) in [5.41, 5.74) is 1.01. The number of nitrogens with one attached hydrogen (secondary N) is 1. The summed E-state index contributed by atoms with van der Waals surface area (Å²) in [5.74, 6) is -0.733. The van der Waals surface area contributed by atoms with E-state index in [1.165, 1.54) is 12.1 Å². The van der Waals surface area contributed by atoms with Crippen molar-refractivity contribution in [1.82, 2.24) is 10.2 Å². The maximum atomic E-state index is 13.8. The third kappa shape index (κ3) is 3.90. The Morgan fingerprint density at radius 1 is 1.23 bits per heavy atom. The molecular weight excluding hydrogens is 355 g/mol. The fourth-order valence-electron chi connectivity index (χ4n) is 2.13. The molecule has 0 unspecified atom stereocenters. The van der Waals surface area contributed by atoms with Crippen molar-refractivity contribution in [2.24, 2.45) is 0 Å². The molecule has 3 rings (SSSR count). The summed E-state index contributed by atoms with van der Waals surface area (Å²) in [6.07, 6.45) is 0. The average molecular weight is 368 g/mol. The number of para-hydroxylation sites is 1. The minimum absolute atomic E-state index is 0.0491. The second-order valence-electron chi connectivity index (χ2n) is 5.26. The van der Waals surface area contributed by atoms with E-state index in [1.54, 1.807) is 43.3 Å². The van der Waals surface area contributed by atoms with Gasteiger partial charge in [-0.2, -0.15) is 5.26 Å². The van der Waals surface area contributed by atoms with Gasteiger partial charge in [0.1, 0.15) is 11.9 Å². The fourth-order valence-corrected chi connectivity index (χ4v) is 2.81. The molecule has 6 nitrogen and oxygen atoms in total. The highest BCUT2D eigenvalue weighted by atomic mass is 32.2. The van der Waals surface area contributed by atoms with Gasteiger partial charge in [0.2, 0.25) is 5.91 Å². The molecular formula is C18H13FN4O2S. The Hall–Kier alpha value is -3.18. The van der Waals surface area contributed by atoms with Crippen LogP contribution in [-0.2, 0) is 4.79 Å². The molecule has 130 valence electrons. The van der Waals surface area contributed by atoms with Crippen LogP contribution in [0.5, 0.6) is 0 Å². The van der Waals surface area contributed by atoms with Crippen LogP contribution < -0.4 is 5.32 Å². The van der Waals surface area contributed by atoms with E-state index in [1.807, 2.05) is 6.07 Å². The molecule has 2 aromatic carbocycles. The third-order valence-corrected chi connectivity index (χ3v) is 4.40. The summed E-state index contributed by atoms with van der Waals surface area (Å²) < 4.78 is 19.2. The molecule has 1 amide bonds. The van der Waals surface area contributed by atoms with E-state index < -0.39 is 11.1 Å². The minimum atomic E-state index is -0.560. The molecule has 26 heavy (non-hydrogen) atoms. The van der Waals surface area contributed by atoms with E-state index in [4.69, 9.17) is 9.68 Å². The molecule has 8 heteroatoms. The maximum absolute atomic E-state index is 13.8.